The van der Waals surface area contributed by atoms with E-state index >= 15 is 0 Å². The number of rotatable bonds is 5. The number of fused-ring (bicyclic) bond motifs is 1. The average Bonchev–Trinajstić information content (AvgIpc) is 3.11. The Morgan fingerprint density at radius 1 is 1.26 bits per heavy atom. The highest BCUT2D eigenvalue weighted by molar-refractivity contribution is 14.2. The maximum atomic E-state index is 14.5. The second-order valence-corrected chi connectivity index (χ2v) is 12.7. The maximum Gasteiger partial charge on any atom is 0.313 e. The van der Waals surface area contributed by atoms with Gasteiger partial charge in [-0.2, -0.15) is 8.78 Å². The molecule has 186 valence electrons. The number of alkyl halides is 4. The van der Waals surface area contributed by atoms with E-state index in [1.807, 2.05) is 6.92 Å². The van der Waals surface area contributed by atoms with Crippen molar-refractivity contribution >= 4 is 63.7 Å². The number of ether oxygens (including phenoxy) is 1. The molecule has 4 nitrogen and oxygen atoms in total. The molecule has 1 unspecified atom stereocenters. The number of hydrogen-bond donors (Lipinski definition) is 1. The van der Waals surface area contributed by atoms with Gasteiger partial charge in [0.15, 0.2) is 0 Å². The molecule has 1 atom stereocenters. The van der Waals surface area contributed by atoms with Crippen LogP contribution in [0.1, 0.15) is 49.1 Å². The minimum absolute atomic E-state index is 0.154. The number of aromatic amines is 1. The van der Waals surface area contributed by atoms with Crippen molar-refractivity contribution in [3.63, 3.8) is 0 Å². The molecule has 1 N–H and O–H groups in total. The van der Waals surface area contributed by atoms with Crippen LogP contribution >= 0.6 is 43.3 Å². The minimum atomic E-state index is -3.09. The van der Waals surface area contributed by atoms with Gasteiger partial charge in [-0.05, 0) is 17.4 Å². The number of nitrogens with one attached hydrogen (secondary N) is 1. The zero-order valence-corrected chi connectivity index (χ0v) is 24.8. The van der Waals surface area contributed by atoms with Crippen LogP contribution in [-0.4, -0.2) is 22.1 Å². The molecular formula is C27H28F2I2N2O2. The number of H-pyrrole nitrogens is 1. The summed E-state index contributed by atoms with van der Waals surface area (Å²) in [5.41, 5.74) is 2.17. The van der Waals surface area contributed by atoms with Crippen LogP contribution in [0.2, 0.25) is 0 Å². The summed E-state index contributed by atoms with van der Waals surface area (Å²) in [6.45, 7) is 12.3. The van der Waals surface area contributed by atoms with Crippen LogP contribution in [0.25, 0.3) is 16.7 Å². The van der Waals surface area contributed by atoms with Gasteiger partial charge in [-0.3, -0.25) is 4.79 Å². The molecule has 0 bridgehead atoms. The quantitative estimate of drug-likeness (QED) is 0.133. The number of aromatic nitrogens is 2. The van der Waals surface area contributed by atoms with Crippen molar-refractivity contribution in [3.05, 3.63) is 75.8 Å². The summed E-state index contributed by atoms with van der Waals surface area (Å²) in [7, 11) is 1.61. The standard InChI is InChI=1S/C27H28F2I2N2O2/c1-16-21(17(2)35-25(31-6)26(3,4)5)22-19(15-33(7)24(34)23(22)32-16)13-14-20(27(28,29)30)18-11-9-8-10-12-18/h8-12,15,20,32H,2H2,1,3-7H3. The van der Waals surface area contributed by atoms with E-state index in [1.165, 1.54) is 4.57 Å². The normalized spacial score (nSPS) is 13.6. The molecule has 2 heterocycles. The lowest BCUT2D eigenvalue weighted by Crippen LogP contribution is -2.21. The van der Waals surface area contributed by atoms with Crippen LogP contribution in [0.15, 0.2) is 47.9 Å². The van der Waals surface area contributed by atoms with Crippen LogP contribution in [0.4, 0.5) is 8.78 Å². The third-order valence-electron chi connectivity index (χ3n) is 5.38. The Balaban J connectivity index is 2.23. The Hall–Kier alpha value is -2.00. The third-order valence-corrected chi connectivity index (χ3v) is 8.82. The van der Waals surface area contributed by atoms with E-state index in [0.717, 1.165) is 26.3 Å². The van der Waals surface area contributed by atoms with Crippen molar-refractivity contribution in [1.29, 1.82) is 0 Å². The predicted octanol–water partition coefficient (Wildman–Crippen LogP) is 7.10. The molecule has 0 saturated heterocycles. The Bertz CT molecular complexity index is 1410. The molecule has 35 heavy (non-hydrogen) atoms. The van der Waals surface area contributed by atoms with Crippen molar-refractivity contribution in [2.45, 2.75) is 37.5 Å². The highest BCUT2D eigenvalue weighted by atomic mass is 127. The molecule has 3 aromatic rings. The Morgan fingerprint density at radius 2 is 1.89 bits per heavy atom. The SMILES string of the molecule is C=C(OC(=IC)C(C)(C)C)c1c(C)[nH]c2c(=O)n(C)cc(C#CC(c3ccccc3)C(F)(F)I)c12. The Labute approximate surface area is 228 Å². The molecule has 3 rings (SSSR count). The van der Waals surface area contributed by atoms with Crippen molar-refractivity contribution in [2.24, 2.45) is 12.5 Å². The van der Waals surface area contributed by atoms with Crippen molar-refractivity contribution in [3.8, 4) is 11.8 Å². The van der Waals surface area contributed by atoms with Crippen LogP contribution < -0.4 is 5.56 Å². The summed E-state index contributed by atoms with van der Waals surface area (Å²) in [5.74, 6) is 4.83. The van der Waals surface area contributed by atoms with Gasteiger partial charge in [-0.15, -0.1) is 0 Å². The molecule has 0 radical (unpaired) electrons. The number of benzene rings is 1. The molecule has 8 heteroatoms. The first-order chi connectivity index (χ1) is 16.3. The van der Waals surface area contributed by atoms with Crippen LogP contribution in [-0.2, 0) is 11.8 Å². The lowest BCUT2D eigenvalue weighted by molar-refractivity contribution is 0.114. The fraction of sp³-hybridized carbons (Fsp3) is 0.333. The number of pyridine rings is 1. The smallest absolute Gasteiger partial charge is 0.313 e. The van der Waals surface area contributed by atoms with Gasteiger partial charge < -0.3 is 14.3 Å². The third kappa shape index (κ3) is 6.05. The van der Waals surface area contributed by atoms with E-state index in [0.29, 0.717) is 39.0 Å². The van der Waals surface area contributed by atoms with Crippen molar-refractivity contribution in [2.75, 3.05) is 4.93 Å². The van der Waals surface area contributed by atoms with E-state index in [9.17, 15) is 13.6 Å². The number of hydrogen-bond acceptors (Lipinski definition) is 2. The molecular weight excluding hydrogens is 676 g/mol. The molecule has 2 aromatic heterocycles. The minimum Gasteiger partial charge on any atom is -0.456 e. The van der Waals surface area contributed by atoms with Gasteiger partial charge in [0.25, 0.3) is 5.56 Å². The second kappa shape index (κ2) is 10.5. The topological polar surface area (TPSA) is 47.0 Å². The number of halogens is 4. The van der Waals surface area contributed by atoms with Gasteiger partial charge in [-0.1, -0.05) is 90.3 Å². The fourth-order valence-electron chi connectivity index (χ4n) is 3.78. The van der Waals surface area contributed by atoms with E-state index in [2.05, 4.69) is 49.1 Å². The monoisotopic (exact) mass is 704 g/mol. The summed E-state index contributed by atoms with van der Waals surface area (Å²) in [6.07, 6.45) is 1.58. The first-order valence-corrected chi connectivity index (χ1v) is 15.2. The molecule has 0 amide bonds. The first kappa shape index (κ1) is 27.6. The molecule has 0 saturated carbocycles. The van der Waals surface area contributed by atoms with Crippen molar-refractivity contribution in [1.82, 2.24) is 9.55 Å². The highest BCUT2D eigenvalue weighted by Crippen LogP contribution is 2.39. The van der Waals surface area contributed by atoms with E-state index in [1.54, 1.807) is 43.6 Å². The summed E-state index contributed by atoms with van der Waals surface area (Å²) >= 11 is 0.787. The number of aryl methyl sites for hydroxylation is 2. The molecule has 0 spiro atoms. The molecule has 0 aliphatic heterocycles. The van der Waals surface area contributed by atoms with Gasteiger partial charge in [0.2, 0.25) is 0 Å². The Morgan fingerprint density at radius 3 is 2.43 bits per heavy atom. The van der Waals surface area contributed by atoms with Gasteiger partial charge in [0.1, 0.15) is 20.9 Å². The van der Waals surface area contributed by atoms with Gasteiger partial charge >= 0.3 is 3.93 Å². The zero-order valence-electron chi connectivity index (χ0n) is 20.5. The van der Waals surface area contributed by atoms with Crippen LogP contribution in [0, 0.1) is 24.2 Å². The van der Waals surface area contributed by atoms with Gasteiger partial charge in [-0.25, -0.2) is 0 Å². The Kier molecular flexibility index (Phi) is 8.31. The summed E-state index contributed by atoms with van der Waals surface area (Å²) < 4.78 is 34.6. The van der Waals surface area contributed by atoms with E-state index < -0.39 is 9.85 Å². The summed E-state index contributed by atoms with van der Waals surface area (Å²) in [5, 5.41) is 0.536. The lowest BCUT2D eigenvalue weighted by atomic mass is 9.98. The molecule has 0 aliphatic carbocycles. The van der Waals surface area contributed by atoms with Crippen molar-refractivity contribution < 1.29 is 13.5 Å². The summed E-state index contributed by atoms with van der Waals surface area (Å²) in [6, 6.07) is 8.48. The largest absolute Gasteiger partial charge is 0.456 e. The predicted molar refractivity (Wildman–Crippen MR) is 158 cm³/mol. The van der Waals surface area contributed by atoms with Gasteiger partial charge in [0.05, 0.1) is 5.56 Å². The highest BCUT2D eigenvalue weighted by Gasteiger charge is 2.36. The second-order valence-electron chi connectivity index (χ2n) is 9.23. The first-order valence-electron chi connectivity index (χ1n) is 10.8. The average molecular weight is 704 g/mol. The zero-order chi connectivity index (χ0) is 26.1. The number of nitrogens with zero attached hydrogens (tertiary/aromatic N) is 1. The maximum absolute atomic E-state index is 14.5. The molecule has 0 aliphatic rings. The van der Waals surface area contributed by atoms with Crippen LogP contribution in [0.5, 0.6) is 0 Å². The summed E-state index contributed by atoms with van der Waals surface area (Å²) in [4.78, 5) is 18.2. The van der Waals surface area contributed by atoms with Gasteiger partial charge in [0, 0.05) is 57.9 Å². The molecule has 0 fully saturated rings. The van der Waals surface area contributed by atoms with Crippen LogP contribution in [0.3, 0.4) is 0 Å². The van der Waals surface area contributed by atoms with E-state index in [4.69, 9.17) is 4.74 Å². The fourth-order valence-corrected chi connectivity index (χ4v) is 6.39. The molecule has 1 aromatic carbocycles. The lowest BCUT2D eigenvalue weighted by Gasteiger charge is -2.23. The van der Waals surface area contributed by atoms with E-state index in [-0.39, 0.29) is 31.7 Å².